The number of hydrogen-bond donors (Lipinski definition) is 4. The molecule has 3 unspecified atom stereocenters. The molecule has 5 nitrogen and oxygen atoms in total. The zero-order valence-electron chi connectivity index (χ0n) is 27.4. The summed E-state index contributed by atoms with van der Waals surface area (Å²) in [5.74, 6) is -0.350. The maximum Gasteiger partial charge on any atom is 0.222 e. The number of unbranched alkanes of at least 4 members (excludes halogenated alkanes) is 15. The lowest BCUT2D eigenvalue weighted by molar-refractivity contribution is -0.124. The van der Waals surface area contributed by atoms with Crippen LogP contribution in [0, 0.1) is 0 Å². The van der Waals surface area contributed by atoms with E-state index in [0.717, 1.165) is 44.9 Å². The standard InChI is InChI=1S/C37H67NO4/c1-3-5-7-9-11-13-15-16-17-18-19-21-23-25-27-29-31-36(41)35(33-39)38-37(42)32-34(40)30-28-26-24-22-20-14-12-10-8-6-4-2/h16-17,21-24,29,31,34-36,39-41H,3-15,18-20,25-28,30,32-33H2,1-2H3,(H,38,42)/b17-16+,23-21+,24-22-,31-29+. The van der Waals surface area contributed by atoms with Crippen molar-refractivity contribution in [2.24, 2.45) is 0 Å². The van der Waals surface area contributed by atoms with Crippen LogP contribution in [0.15, 0.2) is 48.6 Å². The summed E-state index contributed by atoms with van der Waals surface area (Å²) in [6.07, 6.45) is 39.5. The summed E-state index contributed by atoms with van der Waals surface area (Å²) in [7, 11) is 0. The largest absolute Gasteiger partial charge is 0.394 e. The molecule has 0 aromatic rings. The third kappa shape index (κ3) is 28.4. The second-order valence-corrected chi connectivity index (χ2v) is 11.7. The molecule has 0 aliphatic carbocycles. The molecule has 0 saturated heterocycles. The van der Waals surface area contributed by atoms with E-state index in [-0.39, 0.29) is 18.9 Å². The number of aliphatic hydroxyl groups excluding tert-OH is 3. The van der Waals surface area contributed by atoms with Crippen LogP contribution in [0.3, 0.4) is 0 Å². The van der Waals surface area contributed by atoms with E-state index in [4.69, 9.17) is 0 Å². The Hall–Kier alpha value is -1.69. The van der Waals surface area contributed by atoms with Crippen molar-refractivity contribution < 1.29 is 20.1 Å². The molecule has 0 aromatic heterocycles. The normalized spacial score (nSPS) is 14.5. The van der Waals surface area contributed by atoms with Gasteiger partial charge in [0.1, 0.15) is 0 Å². The lowest BCUT2D eigenvalue weighted by atomic mass is 10.1. The van der Waals surface area contributed by atoms with Gasteiger partial charge in [-0.2, -0.15) is 0 Å². The molecule has 0 aromatic carbocycles. The van der Waals surface area contributed by atoms with E-state index in [9.17, 15) is 20.1 Å². The van der Waals surface area contributed by atoms with E-state index in [0.29, 0.717) is 6.42 Å². The molecule has 5 heteroatoms. The molecule has 0 saturated carbocycles. The van der Waals surface area contributed by atoms with Crippen molar-refractivity contribution >= 4 is 5.91 Å². The first-order valence-electron chi connectivity index (χ1n) is 17.4. The number of allylic oxidation sites excluding steroid dienone is 7. The molecule has 3 atom stereocenters. The number of carbonyl (C=O) groups excluding carboxylic acids is 1. The van der Waals surface area contributed by atoms with Gasteiger partial charge in [0, 0.05) is 0 Å². The molecule has 0 radical (unpaired) electrons. The zero-order chi connectivity index (χ0) is 30.9. The van der Waals surface area contributed by atoms with Crippen molar-refractivity contribution in [1.82, 2.24) is 5.32 Å². The third-order valence-corrected chi connectivity index (χ3v) is 7.57. The lowest BCUT2D eigenvalue weighted by Gasteiger charge is -2.20. The van der Waals surface area contributed by atoms with Crippen molar-refractivity contribution in [3.05, 3.63) is 48.6 Å². The number of amides is 1. The van der Waals surface area contributed by atoms with Crippen molar-refractivity contribution in [2.75, 3.05) is 6.61 Å². The smallest absolute Gasteiger partial charge is 0.222 e. The summed E-state index contributed by atoms with van der Waals surface area (Å²) >= 11 is 0. The SMILES string of the molecule is CCCCCCCC/C=C\CCCC(O)CC(=O)NC(CO)C(O)/C=C/CC/C=C/CC/C=C/CCCCCCCC. The van der Waals surface area contributed by atoms with Crippen LogP contribution in [0.1, 0.15) is 155 Å². The molecule has 1 amide bonds. The van der Waals surface area contributed by atoms with Crippen LogP contribution in [-0.2, 0) is 4.79 Å². The molecule has 0 aliphatic heterocycles. The average molecular weight is 590 g/mol. The number of rotatable bonds is 30. The minimum Gasteiger partial charge on any atom is -0.394 e. The average Bonchev–Trinajstić information content (AvgIpc) is 2.98. The van der Waals surface area contributed by atoms with Gasteiger partial charge in [-0.1, -0.05) is 127 Å². The monoisotopic (exact) mass is 590 g/mol. The maximum atomic E-state index is 12.3. The molecule has 244 valence electrons. The Morgan fingerprint density at radius 2 is 1.02 bits per heavy atom. The van der Waals surface area contributed by atoms with Gasteiger partial charge in [-0.05, 0) is 70.6 Å². The fourth-order valence-electron chi connectivity index (χ4n) is 4.84. The fourth-order valence-corrected chi connectivity index (χ4v) is 4.84. The van der Waals surface area contributed by atoms with Crippen LogP contribution in [0.5, 0.6) is 0 Å². The van der Waals surface area contributed by atoms with Crippen LogP contribution in [0.4, 0.5) is 0 Å². The second-order valence-electron chi connectivity index (χ2n) is 11.7. The lowest BCUT2D eigenvalue weighted by Crippen LogP contribution is -2.45. The van der Waals surface area contributed by atoms with Crippen molar-refractivity contribution in [3.8, 4) is 0 Å². The molecule has 0 heterocycles. The Kier molecular flexibility index (Phi) is 30.9. The van der Waals surface area contributed by atoms with Crippen LogP contribution in [-0.4, -0.2) is 46.1 Å². The summed E-state index contributed by atoms with van der Waals surface area (Å²) in [4.78, 5) is 12.3. The summed E-state index contributed by atoms with van der Waals surface area (Å²) in [5, 5.41) is 32.9. The summed E-state index contributed by atoms with van der Waals surface area (Å²) in [6.45, 7) is 4.13. The first-order chi connectivity index (χ1) is 20.5. The molecule has 42 heavy (non-hydrogen) atoms. The highest BCUT2D eigenvalue weighted by Gasteiger charge is 2.19. The first-order valence-corrected chi connectivity index (χ1v) is 17.4. The Balaban J connectivity index is 3.90. The summed E-state index contributed by atoms with van der Waals surface area (Å²) in [6, 6.07) is -0.774. The van der Waals surface area contributed by atoms with Crippen LogP contribution in [0.25, 0.3) is 0 Å². The Bertz CT molecular complexity index is 700. The molecule has 4 N–H and O–H groups in total. The highest BCUT2D eigenvalue weighted by Crippen LogP contribution is 2.10. The van der Waals surface area contributed by atoms with Gasteiger partial charge in [0.25, 0.3) is 0 Å². The molecule has 0 fully saturated rings. The highest BCUT2D eigenvalue weighted by molar-refractivity contribution is 5.76. The molecular weight excluding hydrogens is 522 g/mol. The predicted octanol–water partition coefficient (Wildman–Crippen LogP) is 9.03. The minimum atomic E-state index is -0.964. The predicted molar refractivity (Wildman–Crippen MR) is 181 cm³/mol. The van der Waals surface area contributed by atoms with Gasteiger partial charge in [0.2, 0.25) is 5.91 Å². The number of aliphatic hydroxyl groups is 3. The zero-order valence-corrected chi connectivity index (χ0v) is 27.4. The Labute approximate surface area is 259 Å². The van der Waals surface area contributed by atoms with Gasteiger partial charge in [-0.25, -0.2) is 0 Å². The summed E-state index contributed by atoms with van der Waals surface area (Å²) in [5.41, 5.74) is 0. The van der Waals surface area contributed by atoms with Gasteiger partial charge in [-0.3, -0.25) is 4.79 Å². The van der Waals surface area contributed by atoms with E-state index in [2.05, 4.69) is 55.6 Å². The topological polar surface area (TPSA) is 89.8 Å². The quantitative estimate of drug-likeness (QED) is 0.0497. The van der Waals surface area contributed by atoms with Gasteiger partial charge >= 0.3 is 0 Å². The number of nitrogens with one attached hydrogen (secondary N) is 1. The third-order valence-electron chi connectivity index (χ3n) is 7.57. The number of carbonyl (C=O) groups is 1. The molecule has 0 spiro atoms. The molecule has 0 rings (SSSR count). The minimum absolute atomic E-state index is 0.0204. The molecule has 0 bridgehead atoms. The second kappa shape index (κ2) is 32.2. The molecule has 0 aliphatic rings. The Morgan fingerprint density at radius 1 is 0.595 bits per heavy atom. The van der Waals surface area contributed by atoms with Gasteiger partial charge in [0.15, 0.2) is 0 Å². The maximum absolute atomic E-state index is 12.3. The van der Waals surface area contributed by atoms with Gasteiger partial charge < -0.3 is 20.6 Å². The van der Waals surface area contributed by atoms with Crippen LogP contribution >= 0.6 is 0 Å². The molecular formula is C37H67NO4. The summed E-state index contributed by atoms with van der Waals surface area (Å²) < 4.78 is 0. The Morgan fingerprint density at radius 3 is 1.52 bits per heavy atom. The van der Waals surface area contributed by atoms with E-state index < -0.39 is 18.2 Å². The van der Waals surface area contributed by atoms with Crippen molar-refractivity contribution in [3.63, 3.8) is 0 Å². The van der Waals surface area contributed by atoms with Gasteiger partial charge in [0.05, 0.1) is 31.3 Å². The fraction of sp³-hybridized carbons (Fsp3) is 0.757. The van der Waals surface area contributed by atoms with Crippen LogP contribution in [0.2, 0.25) is 0 Å². The van der Waals surface area contributed by atoms with Crippen molar-refractivity contribution in [1.29, 1.82) is 0 Å². The van der Waals surface area contributed by atoms with E-state index >= 15 is 0 Å². The number of hydrogen-bond acceptors (Lipinski definition) is 4. The van der Waals surface area contributed by atoms with E-state index in [1.807, 2.05) is 6.08 Å². The van der Waals surface area contributed by atoms with E-state index in [1.54, 1.807) is 6.08 Å². The van der Waals surface area contributed by atoms with Crippen molar-refractivity contribution in [2.45, 2.75) is 173 Å². The first kappa shape index (κ1) is 40.3. The van der Waals surface area contributed by atoms with E-state index in [1.165, 1.54) is 83.5 Å². The van der Waals surface area contributed by atoms with Crippen LogP contribution < -0.4 is 5.32 Å². The van der Waals surface area contributed by atoms with Gasteiger partial charge in [-0.15, -0.1) is 0 Å². The highest BCUT2D eigenvalue weighted by atomic mass is 16.3.